The van der Waals surface area contributed by atoms with Gasteiger partial charge < -0.3 is 10.5 Å². The van der Waals surface area contributed by atoms with Gasteiger partial charge in [-0.2, -0.15) is 0 Å². The lowest BCUT2D eigenvalue weighted by Crippen LogP contribution is -2.32. The molecule has 0 aromatic heterocycles. The molecule has 1 aromatic carbocycles. The molecule has 0 saturated heterocycles. The number of aryl methyl sites for hydroxylation is 2. The normalized spacial score (nSPS) is 14.8. The van der Waals surface area contributed by atoms with E-state index in [1.165, 1.54) is 5.56 Å². The number of rotatable bonds is 3. The largest absolute Gasteiger partial charge is 0.496 e. The SMILES string of the molecule is CCC(C)(N)c1cc(C)c(OC)c(C)c1. The first-order valence-electron chi connectivity index (χ1n) is 5.37. The Kier molecular flexibility index (Phi) is 3.40. The number of hydrogen-bond acceptors (Lipinski definition) is 2. The van der Waals surface area contributed by atoms with Crippen molar-refractivity contribution in [2.75, 3.05) is 7.11 Å². The molecule has 0 fully saturated rings. The summed E-state index contributed by atoms with van der Waals surface area (Å²) in [5.41, 5.74) is 9.46. The lowest BCUT2D eigenvalue weighted by Gasteiger charge is -2.25. The maximum atomic E-state index is 6.23. The van der Waals surface area contributed by atoms with Gasteiger partial charge in [0, 0.05) is 5.54 Å². The molecular weight excluding hydrogens is 186 g/mol. The predicted molar refractivity (Wildman–Crippen MR) is 64.3 cm³/mol. The lowest BCUT2D eigenvalue weighted by molar-refractivity contribution is 0.406. The number of hydrogen-bond donors (Lipinski definition) is 1. The molecule has 0 bridgehead atoms. The average Bonchev–Trinajstić information content (AvgIpc) is 2.17. The maximum Gasteiger partial charge on any atom is 0.124 e. The summed E-state index contributed by atoms with van der Waals surface area (Å²) in [6.07, 6.45) is 0.929. The van der Waals surface area contributed by atoms with Gasteiger partial charge in [0.1, 0.15) is 5.75 Å². The zero-order chi connectivity index (χ0) is 11.6. The second-order valence-corrected chi connectivity index (χ2v) is 4.41. The minimum absolute atomic E-state index is 0.248. The van der Waals surface area contributed by atoms with Gasteiger partial charge in [-0.05, 0) is 43.9 Å². The van der Waals surface area contributed by atoms with E-state index in [4.69, 9.17) is 10.5 Å². The van der Waals surface area contributed by atoms with Gasteiger partial charge in [-0.15, -0.1) is 0 Å². The van der Waals surface area contributed by atoms with Crippen LogP contribution in [0, 0.1) is 13.8 Å². The maximum absolute atomic E-state index is 6.23. The molecule has 84 valence electrons. The zero-order valence-electron chi connectivity index (χ0n) is 10.3. The van der Waals surface area contributed by atoms with E-state index in [0.717, 1.165) is 23.3 Å². The highest BCUT2D eigenvalue weighted by molar-refractivity contribution is 5.45. The van der Waals surface area contributed by atoms with Gasteiger partial charge in [-0.25, -0.2) is 0 Å². The van der Waals surface area contributed by atoms with Gasteiger partial charge >= 0.3 is 0 Å². The van der Waals surface area contributed by atoms with E-state index >= 15 is 0 Å². The Morgan fingerprint density at radius 1 is 1.27 bits per heavy atom. The molecule has 0 radical (unpaired) electrons. The number of ether oxygens (including phenoxy) is 1. The molecule has 0 spiro atoms. The van der Waals surface area contributed by atoms with Crippen LogP contribution in [0.5, 0.6) is 5.75 Å². The molecule has 1 rings (SSSR count). The zero-order valence-corrected chi connectivity index (χ0v) is 10.3. The van der Waals surface area contributed by atoms with Gasteiger partial charge in [0.05, 0.1) is 7.11 Å². The predicted octanol–water partition coefficient (Wildman–Crippen LogP) is 2.90. The Morgan fingerprint density at radius 2 is 1.73 bits per heavy atom. The van der Waals surface area contributed by atoms with E-state index in [9.17, 15) is 0 Å². The van der Waals surface area contributed by atoms with Crippen LogP contribution < -0.4 is 10.5 Å². The third-order valence-electron chi connectivity index (χ3n) is 3.06. The average molecular weight is 207 g/mol. The molecule has 2 N–H and O–H groups in total. The molecule has 0 heterocycles. The first-order valence-corrected chi connectivity index (χ1v) is 5.37. The molecule has 1 atom stereocenters. The minimum Gasteiger partial charge on any atom is -0.496 e. The number of methoxy groups -OCH3 is 1. The van der Waals surface area contributed by atoms with E-state index in [-0.39, 0.29) is 5.54 Å². The molecular formula is C13H21NO. The standard InChI is InChI=1S/C13H21NO/c1-6-13(4,14)11-7-9(2)12(15-5)10(3)8-11/h7-8H,6,14H2,1-5H3. The summed E-state index contributed by atoms with van der Waals surface area (Å²) < 4.78 is 5.34. The Hall–Kier alpha value is -1.02. The van der Waals surface area contributed by atoms with Crippen LogP contribution in [0.1, 0.15) is 37.0 Å². The van der Waals surface area contributed by atoms with Crippen molar-refractivity contribution in [1.82, 2.24) is 0 Å². The molecule has 0 amide bonds. The van der Waals surface area contributed by atoms with Crippen molar-refractivity contribution in [3.8, 4) is 5.75 Å². The van der Waals surface area contributed by atoms with Crippen LogP contribution in [0.3, 0.4) is 0 Å². The van der Waals surface area contributed by atoms with E-state index in [2.05, 4.69) is 39.8 Å². The number of nitrogens with two attached hydrogens (primary N) is 1. The fourth-order valence-electron chi connectivity index (χ4n) is 1.81. The Labute approximate surface area is 92.4 Å². The molecule has 2 nitrogen and oxygen atoms in total. The van der Waals surface area contributed by atoms with Crippen LogP contribution in [0.4, 0.5) is 0 Å². The molecule has 1 aromatic rings. The number of benzene rings is 1. The topological polar surface area (TPSA) is 35.2 Å². The van der Waals surface area contributed by atoms with Gasteiger partial charge in [0.15, 0.2) is 0 Å². The van der Waals surface area contributed by atoms with Gasteiger partial charge in [0.25, 0.3) is 0 Å². The van der Waals surface area contributed by atoms with Crippen LogP contribution in [-0.4, -0.2) is 7.11 Å². The third kappa shape index (κ3) is 2.32. The van der Waals surface area contributed by atoms with Crippen molar-refractivity contribution in [2.45, 2.75) is 39.7 Å². The fraction of sp³-hybridized carbons (Fsp3) is 0.538. The van der Waals surface area contributed by atoms with Crippen LogP contribution in [-0.2, 0) is 5.54 Å². The van der Waals surface area contributed by atoms with Crippen LogP contribution in [0.2, 0.25) is 0 Å². The van der Waals surface area contributed by atoms with Gasteiger partial charge in [0.2, 0.25) is 0 Å². The summed E-state index contributed by atoms with van der Waals surface area (Å²) in [4.78, 5) is 0. The van der Waals surface area contributed by atoms with Crippen molar-refractivity contribution >= 4 is 0 Å². The molecule has 0 aliphatic heterocycles. The Balaban J connectivity index is 3.26. The molecule has 0 aliphatic rings. The molecule has 0 aliphatic carbocycles. The molecule has 1 unspecified atom stereocenters. The highest BCUT2D eigenvalue weighted by Crippen LogP contribution is 2.30. The second kappa shape index (κ2) is 4.23. The highest BCUT2D eigenvalue weighted by Gasteiger charge is 2.20. The fourth-order valence-corrected chi connectivity index (χ4v) is 1.81. The van der Waals surface area contributed by atoms with Crippen molar-refractivity contribution in [1.29, 1.82) is 0 Å². The van der Waals surface area contributed by atoms with E-state index < -0.39 is 0 Å². The summed E-state index contributed by atoms with van der Waals surface area (Å²) in [5.74, 6) is 0.964. The minimum atomic E-state index is -0.248. The van der Waals surface area contributed by atoms with Crippen molar-refractivity contribution in [3.05, 3.63) is 28.8 Å². The Bertz CT molecular complexity index is 333. The van der Waals surface area contributed by atoms with E-state index in [1.807, 2.05) is 0 Å². The monoisotopic (exact) mass is 207 g/mol. The van der Waals surface area contributed by atoms with Crippen molar-refractivity contribution in [2.24, 2.45) is 5.73 Å². The quantitative estimate of drug-likeness (QED) is 0.827. The van der Waals surface area contributed by atoms with E-state index in [0.29, 0.717) is 0 Å². The Morgan fingerprint density at radius 3 is 2.07 bits per heavy atom. The third-order valence-corrected chi connectivity index (χ3v) is 3.06. The molecule has 2 heteroatoms. The molecule has 15 heavy (non-hydrogen) atoms. The summed E-state index contributed by atoms with van der Waals surface area (Å²) in [7, 11) is 1.70. The van der Waals surface area contributed by atoms with Crippen LogP contribution in [0.25, 0.3) is 0 Å². The summed E-state index contributed by atoms with van der Waals surface area (Å²) in [6.45, 7) is 8.28. The summed E-state index contributed by atoms with van der Waals surface area (Å²) in [6, 6.07) is 4.24. The van der Waals surface area contributed by atoms with Crippen LogP contribution in [0.15, 0.2) is 12.1 Å². The van der Waals surface area contributed by atoms with Gasteiger partial charge in [-0.1, -0.05) is 19.1 Å². The molecule has 0 saturated carbocycles. The first kappa shape index (κ1) is 12.1. The highest BCUT2D eigenvalue weighted by atomic mass is 16.5. The second-order valence-electron chi connectivity index (χ2n) is 4.41. The van der Waals surface area contributed by atoms with Crippen molar-refractivity contribution < 1.29 is 4.74 Å². The van der Waals surface area contributed by atoms with Gasteiger partial charge in [-0.3, -0.25) is 0 Å². The summed E-state index contributed by atoms with van der Waals surface area (Å²) >= 11 is 0. The van der Waals surface area contributed by atoms with E-state index in [1.54, 1.807) is 7.11 Å². The lowest BCUT2D eigenvalue weighted by atomic mass is 9.88. The first-order chi connectivity index (χ1) is 6.92. The summed E-state index contributed by atoms with van der Waals surface area (Å²) in [5, 5.41) is 0. The van der Waals surface area contributed by atoms with Crippen molar-refractivity contribution in [3.63, 3.8) is 0 Å². The van der Waals surface area contributed by atoms with Crippen LogP contribution >= 0.6 is 0 Å². The smallest absolute Gasteiger partial charge is 0.124 e.